The first-order valence-electron chi connectivity index (χ1n) is 21.9. The lowest BCUT2D eigenvalue weighted by molar-refractivity contribution is -0.676. The molecule has 0 saturated heterocycles. The minimum Gasteiger partial charge on any atom is -0.339 e. The van der Waals surface area contributed by atoms with Crippen LogP contribution in [0.25, 0.3) is 0 Å². The van der Waals surface area contributed by atoms with Crippen LogP contribution in [0.5, 0.6) is 0 Å². The van der Waals surface area contributed by atoms with Crippen LogP contribution in [0.4, 0.5) is 101 Å². The van der Waals surface area contributed by atoms with Crippen molar-refractivity contribution in [2.24, 2.45) is 23.7 Å². The zero-order chi connectivity index (χ0) is 54.4. The molecule has 1 nitrogen and oxygen atoms in total. The van der Waals surface area contributed by atoms with Gasteiger partial charge in [-0.15, -0.1) is 21.9 Å². The molecule has 0 fully saturated rings. The van der Waals surface area contributed by atoms with E-state index in [0.29, 0.717) is 12.5 Å². The highest BCUT2D eigenvalue weighted by atomic mass is 19.4. The topological polar surface area (TPSA) is 16.6 Å². The van der Waals surface area contributed by atoms with Crippen LogP contribution in [0.2, 0.25) is 0 Å². The van der Waals surface area contributed by atoms with Crippen LogP contribution < -0.4 is 27.2 Å². The first kappa shape index (κ1) is 60.6. The molecule has 0 spiro atoms. The van der Waals surface area contributed by atoms with Crippen molar-refractivity contribution in [3.63, 3.8) is 0 Å². The van der Waals surface area contributed by atoms with Gasteiger partial charge in [-0.3, -0.25) is 0 Å². The molecule has 4 rings (SSSR count). The van der Waals surface area contributed by atoms with Crippen molar-refractivity contribution in [3.05, 3.63) is 116 Å². The molecule has 0 heterocycles. The summed E-state index contributed by atoms with van der Waals surface area (Å²) in [5.41, 5.74) is -14.3. The lowest BCUT2D eigenvalue weighted by Crippen LogP contribution is -2.87. The van der Waals surface area contributed by atoms with E-state index in [-0.39, 0.29) is 0 Å². The fraction of sp³-hybridized carbons (Fsp3) is 0.478. The summed E-state index contributed by atoms with van der Waals surface area (Å²) in [4.78, 5) is 0. The quantitative estimate of drug-likeness (QED) is 0.0299. The maximum absolute atomic E-state index is 15.4. The maximum atomic E-state index is 15.4. The summed E-state index contributed by atoms with van der Waals surface area (Å²) >= 11 is 0. The first-order chi connectivity index (χ1) is 32.8. The molecule has 0 aliphatic rings. The van der Waals surface area contributed by atoms with Gasteiger partial charge in [-0.2, -0.15) is 13.2 Å². The minimum absolute atomic E-state index is 0.535. The lowest BCUT2D eigenvalue weighted by atomic mass is 9.12. The molecule has 71 heavy (non-hydrogen) atoms. The van der Waals surface area contributed by atoms with Gasteiger partial charge in [0, 0.05) is 0 Å². The first-order valence-corrected chi connectivity index (χ1v) is 21.9. The third kappa shape index (κ3) is 13.1. The Kier molecular flexibility index (Phi) is 21.2. The van der Waals surface area contributed by atoms with Gasteiger partial charge in [0.2, 0.25) is 0 Å². The van der Waals surface area contributed by atoms with Crippen LogP contribution >= 0.6 is 0 Å². The highest BCUT2D eigenvalue weighted by Crippen LogP contribution is 2.31. The summed E-state index contributed by atoms with van der Waals surface area (Å²) in [5.74, 6) is -68.4. The molecule has 25 heteroatoms. The summed E-state index contributed by atoms with van der Waals surface area (Å²) in [7, 11) is 0. The van der Waals surface area contributed by atoms with E-state index in [1.807, 2.05) is 0 Å². The van der Waals surface area contributed by atoms with E-state index in [1.54, 1.807) is 0 Å². The molecule has 4 aromatic rings. The van der Waals surface area contributed by atoms with E-state index in [0.717, 1.165) is 30.6 Å². The Hall–Kier alpha value is -4.71. The number of hydrogen-bond acceptors (Lipinski definition) is 0. The van der Waals surface area contributed by atoms with Crippen LogP contribution in [-0.4, -0.2) is 25.4 Å². The zero-order valence-electron chi connectivity index (χ0n) is 38.1. The standard InChI is InChI=1S/C24BF20.C22H44F3N/c26-5-1(6(27)14(35)21(42)13(5)34)25(2-7(28)15(36)22(43)16(37)8(2)29,3-9(30)17(38)23(44)18(39)10(3)31)4-11(32)19(40)24(45)20(41)12(4)33;1-18(2)9-6-10-19(3)11-7-12-20(4)13-8-14-21(5)15-16-26-17-22(23,24)25/h;18-21,26H,6-17H2,1-5H3/q-1;/p+1. The van der Waals surface area contributed by atoms with Crippen LogP contribution in [0, 0.1) is 140 Å². The molecule has 398 valence electrons. The fourth-order valence-electron chi connectivity index (χ4n) is 8.48. The molecule has 3 unspecified atom stereocenters. The highest BCUT2D eigenvalue weighted by Gasteiger charge is 2.52. The SMILES string of the molecule is CC(C)CCCC(C)CCCC(C)CCCC(C)CC[NH2+]CC(F)(F)F.Fc1c(F)c(F)c([B-](c2c(F)c(F)c(F)c(F)c2F)(c2c(F)c(F)c(F)c(F)c2F)c2c(F)c(F)c(F)c(F)c2F)c(F)c1F. The summed E-state index contributed by atoms with van der Waals surface area (Å²) in [6.07, 6.45) is 1.37. The number of quaternary nitrogens is 1. The average molecular weight is 1060 g/mol. The van der Waals surface area contributed by atoms with Crippen LogP contribution in [0.15, 0.2) is 0 Å². The Labute approximate surface area is 392 Å². The highest BCUT2D eigenvalue weighted by molar-refractivity contribution is 7.20. The van der Waals surface area contributed by atoms with Crippen molar-refractivity contribution in [3.8, 4) is 0 Å². The third-order valence-corrected chi connectivity index (χ3v) is 12.2. The molecule has 2 N–H and O–H groups in total. The van der Waals surface area contributed by atoms with E-state index < -0.39 is 157 Å². The Balaban J connectivity index is 0.000000438. The second-order valence-corrected chi connectivity index (χ2v) is 18.0. The normalized spacial score (nSPS) is 13.5. The van der Waals surface area contributed by atoms with E-state index >= 15 is 35.1 Å². The van der Waals surface area contributed by atoms with Crippen LogP contribution in [0.3, 0.4) is 0 Å². The number of hydrogen-bond donors (Lipinski definition) is 1. The molecule has 0 aliphatic heterocycles. The van der Waals surface area contributed by atoms with Gasteiger partial charge in [0.25, 0.3) is 0 Å². The molecule has 0 bridgehead atoms. The summed E-state index contributed by atoms with van der Waals surface area (Å²) in [6, 6.07) is 0. The predicted octanol–water partition coefficient (Wildman–Crippen LogP) is 12.4. The smallest absolute Gasteiger partial charge is 0.339 e. The molecular weight excluding hydrogens is 1010 g/mol. The van der Waals surface area contributed by atoms with E-state index in [1.165, 1.54) is 56.7 Å². The van der Waals surface area contributed by atoms with Crippen molar-refractivity contribution in [1.82, 2.24) is 0 Å². The van der Waals surface area contributed by atoms with Crippen molar-refractivity contribution in [1.29, 1.82) is 0 Å². The maximum Gasteiger partial charge on any atom is 0.438 e. The zero-order valence-corrected chi connectivity index (χ0v) is 38.1. The number of rotatable bonds is 20. The van der Waals surface area contributed by atoms with Crippen molar-refractivity contribution < 1.29 is 106 Å². The van der Waals surface area contributed by atoms with Crippen LogP contribution in [-0.2, 0) is 0 Å². The second kappa shape index (κ2) is 24.8. The van der Waals surface area contributed by atoms with Crippen LogP contribution in [0.1, 0.15) is 98.8 Å². The van der Waals surface area contributed by atoms with Gasteiger partial charge >= 0.3 is 6.18 Å². The molecular formula is C46H45BF23N. The molecule has 0 amide bonds. The predicted molar refractivity (Wildman–Crippen MR) is 215 cm³/mol. The van der Waals surface area contributed by atoms with E-state index in [9.17, 15) is 65.9 Å². The minimum atomic E-state index is -7.22. The number of halogens is 23. The number of alkyl halides is 3. The van der Waals surface area contributed by atoms with Crippen molar-refractivity contribution >= 4 is 28.0 Å². The molecule has 0 aliphatic carbocycles. The van der Waals surface area contributed by atoms with Gasteiger partial charge in [0.05, 0.1) is 6.54 Å². The molecule has 0 saturated carbocycles. The molecule has 3 atom stereocenters. The van der Waals surface area contributed by atoms with Gasteiger partial charge in [0.15, 0.2) is 76.4 Å². The second-order valence-electron chi connectivity index (χ2n) is 18.0. The van der Waals surface area contributed by atoms with Crippen molar-refractivity contribution in [2.45, 2.75) is 105 Å². The van der Waals surface area contributed by atoms with E-state index in [2.05, 4.69) is 34.6 Å². The third-order valence-electron chi connectivity index (χ3n) is 12.2. The van der Waals surface area contributed by atoms with E-state index in [4.69, 9.17) is 0 Å². The Morgan fingerprint density at radius 1 is 0.310 bits per heavy atom. The Bertz CT molecular complexity index is 2130. The lowest BCUT2D eigenvalue weighted by Gasteiger charge is -2.44. The molecule has 0 radical (unpaired) electrons. The van der Waals surface area contributed by atoms with Gasteiger partial charge < -0.3 is 5.32 Å². The fourth-order valence-corrected chi connectivity index (χ4v) is 8.48. The molecule has 0 aromatic heterocycles. The van der Waals surface area contributed by atoms with Gasteiger partial charge in [0.1, 0.15) is 52.7 Å². The van der Waals surface area contributed by atoms with Gasteiger partial charge in [-0.05, 0) is 30.1 Å². The Morgan fingerprint density at radius 3 is 0.718 bits per heavy atom. The molecule has 4 aromatic carbocycles. The largest absolute Gasteiger partial charge is 0.438 e. The summed E-state index contributed by atoms with van der Waals surface area (Å²) < 4.78 is 330. The van der Waals surface area contributed by atoms with Gasteiger partial charge in [-0.1, -0.05) is 92.4 Å². The van der Waals surface area contributed by atoms with Gasteiger partial charge in [-0.25, -0.2) is 87.8 Å². The average Bonchev–Trinajstić information content (AvgIpc) is 3.30. The summed E-state index contributed by atoms with van der Waals surface area (Å²) in [6.45, 7) is 11.4. The number of benzene rings is 4. The number of nitrogens with two attached hydrogens (primary N) is 1. The monoisotopic (exact) mass is 1060 g/mol. The Morgan fingerprint density at radius 2 is 0.507 bits per heavy atom. The van der Waals surface area contributed by atoms with Crippen molar-refractivity contribution in [2.75, 3.05) is 13.1 Å². The summed E-state index contributed by atoms with van der Waals surface area (Å²) in [5, 5.41) is 1.39.